The Bertz CT molecular complexity index is 1140. The Hall–Kier alpha value is -3.61. The average Bonchev–Trinajstić information content (AvgIpc) is 3.07. The summed E-state index contributed by atoms with van der Waals surface area (Å²) in [4.78, 5) is 37.1. The Morgan fingerprint density at radius 2 is 1.70 bits per heavy atom. The number of aromatic nitrogens is 1. The van der Waals surface area contributed by atoms with E-state index in [0.717, 1.165) is 0 Å². The number of hydrogen-bond acceptors (Lipinski definition) is 4. The Kier molecular flexibility index (Phi) is 4.81. The van der Waals surface area contributed by atoms with Gasteiger partial charge in [-0.3, -0.25) is 19.0 Å². The fourth-order valence-corrected chi connectivity index (χ4v) is 4.22. The van der Waals surface area contributed by atoms with Crippen molar-refractivity contribution in [1.82, 2.24) is 4.57 Å². The van der Waals surface area contributed by atoms with Crippen LogP contribution in [0.15, 0.2) is 48.5 Å². The van der Waals surface area contributed by atoms with E-state index in [2.05, 4.69) is 0 Å². The molecule has 0 bridgehead atoms. The number of rotatable bonds is 5. The van der Waals surface area contributed by atoms with Gasteiger partial charge < -0.3 is 14.9 Å². The fraction of sp³-hybridized carbons (Fsp3) is 0.261. The Balaban J connectivity index is 1.84. The molecule has 7 heteroatoms. The third-order valence-corrected chi connectivity index (χ3v) is 5.79. The zero-order chi connectivity index (χ0) is 21.5. The molecule has 7 nitrogen and oxygen atoms in total. The van der Waals surface area contributed by atoms with Crippen LogP contribution in [0.5, 0.6) is 5.75 Å². The number of para-hydroxylation sites is 1. The predicted octanol–water partition coefficient (Wildman–Crippen LogP) is 3.37. The van der Waals surface area contributed by atoms with Gasteiger partial charge in [0.15, 0.2) is 5.41 Å². The summed E-state index contributed by atoms with van der Waals surface area (Å²) in [6.45, 7) is 2.41. The standard InChI is InChI=1S/C23H21NO6/c1-2-30-15-9-7-14(8-10-15)20(25)24-18-6-4-3-5-16(18)17-13-23(21(26)27,22(28)29)12-11-19(17)24/h3-10H,2,11-13H2,1H3,(H,26,27)(H,28,29). The average molecular weight is 407 g/mol. The highest BCUT2D eigenvalue weighted by Crippen LogP contribution is 2.41. The van der Waals surface area contributed by atoms with Crippen LogP contribution in [0, 0.1) is 5.41 Å². The molecular weight excluding hydrogens is 386 g/mol. The van der Waals surface area contributed by atoms with E-state index in [1.54, 1.807) is 53.1 Å². The molecule has 0 atom stereocenters. The summed E-state index contributed by atoms with van der Waals surface area (Å²) in [5.41, 5.74) is 0.516. The van der Waals surface area contributed by atoms with Crippen LogP contribution < -0.4 is 4.74 Å². The molecule has 0 unspecified atom stereocenters. The van der Waals surface area contributed by atoms with E-state index in [-0.39, 0.29) is 25.2 Å². The lowest BCUT2D eigenvalue weighted by molar-refractivity contribution is -0.165. The fourth-order valence-electron chi connectivity index (χ4n) is 4.22. The van der Waals surface area contributed by atoms with Crippen molar-refractivity contribution in [1.29, 1.82) is 0 Å². The summed E-state index contributed by atoms with van der Waals surface area (Å²) < 4.78 is 7.02. The van der Waals surface area contributed by atoms with Crippen molar-refractivity contribution in [2.75, 3.05) is 6.61 Å². The number of carboxylic acids is 2. The van der Waals surface area contributed by atoms with Crippen LogP contribution in [0.2, 0.25) is 0 Å². The van der Waals surface area contributed by atoms with E-state index in [9.17, 15) is 24.6 Å². The van der Waals surface area contributed by atoms with Crippen molar-refractivity contribution in [3.05, 3.63) is 65.4 Å². The molecule has 0 saturated heterocycles. The van der Waals surface area contributed by atoms with Gasteiger partial charge in [-0.25, -0.2) is 0 Å². The molecule has 2 aromatic carbocycles. The zero-order valence-electron chi connectivity index (χ0n) is 16.4. The number of fused-ring (bicyclic) bond motifs is 3. The minimum atomic E-state index is -1.88. The van der Waals surface area contributed by atoms with Gasteiger partial charge in [-0.05, 0) is 55.7 Å². The minimum absolute atomic E-state index is 0.0719. The maximum atomic E-state index is 13.4. The smallest absolute Gasteiger partial charge is 0.321 e. The summed E-state index contributed by atoms with van der Waals surface area (Å²) in [5, 5.41) is 20.0. The van der Waals surface area contributed by atoms with Gasteiger partial charge >= 0.3 is 11.9 Å². The second-order valence-electron chi connectivity index (χ2n) is 7.41. The molecule has 0 radical (unpaired) electrons. The van der Waals surface area contributed by atoms with Crippen molar-refractivity contribution in [3.8, 4) is 5.75 Å². The number of carboxylic acid groups (broad SMARTS) is 2. The molecule has 1 aliphatic rings. The first-order valence-corrected chi connectivity index (χ1v) is 9.74. The normalized spacial score (nSPS) is 14.8. The highest BCUT2D eigenvalue weighted by molar-refractivity contribution is 6.05. The third kappa shape index (κ3) is 2.94. The third-order valence-electron chi connectivity index (χ3n) is 5.79. The van der Waals surface area contributed by atoms with Crippen molar-refractivity contribution < 1.29 is 29.3 Å². The lowest BCUT2D eigenvalue weighted by Crippen LogP contribution is -2.44. The maximum Gasteiger partial charge on any atom is 0.321 e. The maximum absolute atomic E-state index is 13.4. The Morgan fingerprint density at radius 3 is 2.33 bits per heavy atom. The molecule has 0 fully saturated rings. The van der Waals surface area contributed by atoms with E-state index in [4.69, 9.17) is 4.74 Å². The number of benzene rings is 2. The second kappa shape index (κ2) is 7.33. The number of carbonyl (C=O) groups excluding carboxylic acids is 1. The molecule has 154 valence electrons. The first kappa shape index (κ1) is 19.7. The molecule has 0 saturated carbocycles. The second-order valence-corrected chi connectivity index (χ2v) is 7.41. The van der Waals surface area contributed by atoms with E-state index in [1.165, 1.54) is 0 Å². The van der Waals surface area contributed by atoms with Gasteiger partial charge in [0.2, 0.25) is 0 Å². The van der Waals surface area contributed by atoms with Gasteiger partial charge in [0.05, 0.1) is 12.1 Å². The summed E-state index contributed by atoms with van der Waals surface area (Å²) in [5.74, 6) is -2.28. The summed E-state index contributed by atoms with van der Waals surface area (Å²) in [6.07, 6.45) is -0.0417. The molecule has 2 N–H and O–H groups in total. The van der Waals surface area contributed by atoms with Gasteiger partial charge in [0, 0.05) is 23.1 Å². The van der Waals surface area contributed by atoms with Crippen molar-refractivity contribution >= 4 is 28.7 Å². The zero-order valence-corrected chi connectivity index (χ0v) is 16.4. The largest absolute Gasteiger partial charge is 0.494 e. The lowest BCUT2D eigenvalue weighted by atomic mass is 9.72. The highest BCUT2D eigenvalue weighted by atomic mass is 16.5. The minimum Gasteiger partial charge on any atom is -0.494 e. The molecule has 30 heavy (non-hydrogen) atoms. The summed E-state index contributed by atoms with van der Waals surface area (Å²) in [7, 11) is 0. The topological polar surface area (TPSA) is 106 Å². The van der Waals surface area contributed by atoms with Crippen LogP contribution >= 0.6 is 0 Å². The monoisotopic (exact) mass is 407 g/mol. The van der Waals surface area contributed by atoms with E-state index < -0.39 is 17.4 Å². The van der Waals surface area contributed by atoms with Gasteiger partial charge in [0.25, 0.3) is 5.91 Å². The van der Waals surface area contributed by atoms with Crippen LogP contribution in [-0.2, 0) is 22.4 Å². The quantitative estimate of drug-likeness (QED) is 0.628. The molecule has 0 aliphatic heterocycles. The van der Waals surface area contributed by atoms with Gasteiger partial charge in [0.1, 0.15) is 5.75 Å². The highest BCUT2D eigenvalue weighted by Gasteiger charge is 2.50. The number of hydrogen-bond donors (Lipinski definition) is 2. The van der Waals surface area contributed by atoms with E-state index >= 15 is 0 Å². The number of carbonyl (C=O) groups is 3. The van der Waals surface area contributed by atoms with Crippen LogP contribution in [0.1, 0.15) is 35.0 Å². The first-order chi connectivity index (χ1) is 14.4. The predicted molar refractivity (Wildman–Crippen MR) is 109 cm³/mol. The van der Waals surface area contributed by atoms with Crippen LogP contribution in [-0.4, -0.2) is 39.2 Å². The van der Waals surface area contributed by atoms with E-state index in [1.807, 2.05) is 6.92 Å². The Labute approximate surface area is 172 Å². The van der Waals surface area contributed by atoms with Gasteiger partial charge in [-0.2, -0.15) is 0 Å². The van der Waals surface area contributed by atoms with E-state index in [0.29, 0.717) is 40.1 Å². The molecule has 4 rings (SSSR count). The number of aliphatic carboxylic acids is 2. The van der Waals surface area contributed by atoms with Gasteiger partial charge in [-0.15, -0.1) is 0 Å². The molecular formula is C23H21NO6. The lowest BCUT2D eigenvalue weighted by Gasteiger charge is -2.29. The molecule has 1 aromatic heterocycles. The SMILES string of the molecule is CCOc1ccc(C(=O)n2c3c(c4ccccc42)CC(C(=O)O)(C(=O)O)CC3)cc1. The van der Waals surface area contributed by atoms with Gasteiger partial charge in [-0.1, -0.05) is 18.2 Å². The number of nitrogens with zero attached hydrogens (tertiary/aromatic N) is 1. The molecule has 0 spiro atoms. The number of ether oxygens (including phenoxy) is 1. The van der Waals surface area contributed by atoms with Crippen molar-refractivity contribution in [2.45, 2.75) is 26.2 Å². The van der Waals surface area contributed by atoms with Crippen molar-refractivity contribution in [3.63, 3.8) is 0 Å². The molecule has 3 aromatic rings. The van der Waals surface area contributed by atoms with Crippen molar-refractivity contribution in [2.24, 2.45) is 5.41 Å². The van der Waals surface area contributed by atoms with Crippen LogP contribution in [0.4, 0.5) is 0 Å². The molecule has 0 amide bonds. The van der Waals surface area contributed by atoms with Crippen LogP contribution in [0.3, 0.4) is 0 Å². The molecule has 1 heterocycles. The molecule has 1 aliphatic carbocycles. The summed E-state index contributed by atoms with van der Waals surface area (Å²) in [6, 6.07) is 14.0. The Morgan fingerprint density at radius 1 is 1.03 bits per heavy atom. The first-order valence-electron chi connectivity index (χ1n) is 9.74. The summed E-state index contributed by atoms with van der Waals surface area (Å²) >= 11 is 0. The van der Waals surface area contributed by atoms with Crippen LogP contribution in [0.25, 0.3) is 10.9 Å².